The Kier molecular flexibility index (Phi) is 9.27. The number of pyridine rings is 1. The number of phenols is 1. The summed E-state index contributed by atoms with van der Waals surface area (Å²) in [5.74, 6) is 1.03. The summed E-state index contributed by atoms with van der Waals surface area (Å²) in [6.07, 6.45) is 13.4. The molecule has 2 atom stereocenters. The third-order valence-corrected chi connectivity index (χ3v) is 11.0. The van der Waals surface area contributed by atoms with Gasteiger partial charge in [-0.25, -0.2) is 8.78 Å². The first kappa shape index (κ1) is 34.6. The van der Waals surface area contributed by atoms with Gasteiger partial charge in [-0.2, -0.15) is 9.97 Å². The molecule has 2 unspecified atom stereocenters. The van der Waals surface area contributed by atoms with Crippen molar-refractivity contribution in [3.8, 4) is 35.4 Å². The first-order valence-corrected chi connectivity index (χ1v) is 18.0. The molecule has 12 heteroatoms. The van der Waals surface area contributed by atoms with Crippen LogP contribution in [0.3, 0.4) is 0 Å². The van der Waals surface area contributed by atoms with Gasteiger partial charge in [0, 0.05) is 30.2 Å². The van der Waals surface area contributed by atoms with Crippen molar-refractivity contribution < 1.29 is 23.4 Å². The predicted octanol–water partition coefficient (Wildman–Crippen LogP) is 6.45. The van der Waals surface area contributed by atoms with Crippen LogP contribution in [0.25, 0.3) is 32.9 Å². The number of halogens is 2. The van der Waals surface area contributed by atoms with Crippen molar-refractivity contribution in [2.75, 3.05) is 37.7 Å². The molecule has 4 aliphatic rings. The van der Waals surface area contributed by atoms with Crippen molar-refractivity contribution in [1.29, 1.82) is 5.41 Å². The van der Waals surface area contributed by atoms with E-state index in [9.17, 15) is 14.3 Å². The number of fused-ring (bicyclic) bond motifs is 5. The minimum Gasteiger partial charge on any atom is -0.508 e. The Morgan fingerprint density at radius 2 is 1.82 bits per heavy atom. The molecule has 0 aliphatic carbocycles. The van der Waals surface area contributed by atoms with Gasteiger partial charge in [-0.15, -0.1) is 6.42 Å². The average Bonchev–Trinajstić information content (AvgIpc) is 3.81. The van der Waals surface area contributed by atoms with Gasteiger partial charge in [-0.1, -0.05) is 32.8 Å². The number of anilines is 1. The highest BCUT2D eigenvalue weighted by atomic mass is 19.1. The lowest BCUT2D eigenvalue weighted by Crippen LogP contribution is -2.57. The number of hydrogen-bond donors (Lipinski definition) is 2. The molecule has 10 nitrogen and oxygen atoms in total. The Morgan fingerprint density at radius 1 is 1.12 bits per heavy atom. The number of phenolic OH excluding ortho intramolecular Hbond substituents is 1. The van der Waals surface area contributed by atoms with Crippen LogP contribution in [0, 0.1) is 29.4 Å². The van der Waals surface area contributed by atoms with E-state index in [-0.39, 0.29) is 68.7 Å². The second kappa shape index (κ2) is 13.7. The molecule has 2 bridgehead atoms. The van der Waals surface area contributed by atoms with E-state index in [1.807, 2.05) is 30.6 Å². The Balaban J connectivity index is 0.00000200. The van der Waals surface area contributed by atoms with Crippen LogP contribution >= 0.6 is 0 Å². The highest BCUT2D eigenvalue weighted by Gasteiger charge is 2.46. The summed E-state index contributed by atoms with van der Waals surface area (Å²) in [6, 6.07) is 5.27. The number of piperazine rings is 1. The first-order valence-electron chi connectivity index (χ1n) is 18.0. The van der Waals surface area contributed by atoms with Crippen LogP contribution in [-0.2, 0) is 4.79 Å². The molecular formula is C39H43F2N7O3. The summed E-state index contributed by atoms with van der Waals surface area (Å²) in [7, 11) is 0. The van der Waals surface area contributed by atoms with Gasteiger partial charge in [-0.05, 0) is 81.6 Å². The Labute approximate surface area is 296 Å². The van der Waals surface area contributed by atoms with E-state index in [1.165, 1.54) is 30.5 Å². The van der Waals surface area contributed by atoms with Crippen molar-refractivity contribution in [2.45, 2.75) is 83.3 Å². The maximum absolute atomic E-state index is 17.0. The van der Waals surface area contributed by atoms with Gasteiger partial charge in [0.25, 0.3) is 5.91 Å². The lowest BCUT2D eigenvalue weighted by atomic mass is 9.95. The molecule has 4 saturated heterocycles. The fourth-order valence-corrected chi connectivity index (χ4v) is 8.64. The highest BCUT2D eigenvalue weighted by molar-refractivity contribution is 6.37. The van der Waals surface area contributed by atoms with Crippen LogP contribution in [0.4, 0.5) is 14.6 Å². The van der Waals surface area contributed by atoms with Crippen LogP contribution in [0.1, 0.15) is 71.3 Å². The number of hydrogen-bond acceptors (Lipinski definition) is 9. The smallest absolute Gasteiger partial charge is 0.319 e. The Hall–Kier alpha value is -4.89. The predicted molar refractivity (Wildman–Crippen MR) is 193 cm³/mol. The molecule has 8 rings (SSSR count). The van der Waals surface area contributed by atoms with E-state index in [4.69, 9.17) is 21.6 Å². The molecule has 0 spiro atoms. The maximum Gasteiger partial charge on any atom is 0.319 e. The molecule has 6 heterocycles. The minimum atomic E-state index is -0.778. The molecule has 51 heavy (non-hydrogen) atoms. The third-order valence-electron chi connectivity index (χ3n) is 11.0. The molecule has 266 valence electrons. The largest absolute Gasteiger partial charge is 0.508 e. The summed E-state index contributed by atoms with van der Waals surface area (Å²) in [4.78, 5) is 33.5. The lowest BCUT2D eigenvalue weighted by Gasteiger charge is -2.41. The van der Waals surface area contributed by atoms with E-state index in [1.54, 1.807) is 0 Å². The van der Waals surface area contributed by atoms with Crippen molar-refractivity contribution in [2.24, 2.45) is 0 Å². The number of nitrogens with zero attached hydrogens (tertiary/aromatic N) is 6. The van der Waals surface area contributed by atoms with E-state index in [0.717, 1.165) is 51.6 Å². The number of aromatic hydroxyl groups is 1. The van der Waals surface area contributed by atoms with Gasteiger partial charge >= 0.3 is 6.01 Å². The van der Waals surface area contributed by atoms with Gasteiger partial charge in [0.15, 0.2) is 5.82 Å². The fraction of sp³-hybridized carbons (Fsp3) is 0.462. The zero-order valence-electron chi connectivity index (χ0n) is 29.3. The van der Waals surface area contributed by atoms with Crippen LogP contribution in [0.2, 0.25) is 0 Å². The average molecular weight is 696 g/mol. The topological polar surface area (TPSA) is 119 Å². The minimum absolute atomic E-state index is 0.0223. The normalized spacial score (nSPS) is 20.6. The van der Waals surface area contributed by atoms with Crippen LogP contribution in [0.5, 0.6) is 11.8 Å². The van der Waals surface area contributed by atoms with Crippen LogP contribution < -0.4 is 9.64 Å². The number of amides is 1. The standard InChI is InChI=1S/C37H37F2N7O3.C2H6/c1-3-25-28(38)10-7-21-15-24(47)16-26(30(21)25)32-31(39)33-27(17-41-32)34(43-36(42-33)49-20-37-11-5-13-45(37)14-6-12-37)44-18-22-8-9-23(19-44)46(22)35(48)29(40)4-2;1-2/h1,7,10,15-17,22-23,40,47H,4-6,8-9,11-14,18-20H2,2H3;1-2H3. The third kappa shape index (κ3) is 5.81. The summed E-state index contributed by atoms with van der Waals surface area (Å²) < 4.78 is 38.2. The summed E-state index contributed by atoms with van der Waals surface area (Å²) in [5, 5.41) is 19.8. The lowest BCUT2D eigenvalue weighted by molar-refractivity contribution is -0.127. The second-order valence-electron chi connectivity index (χ2n) is 13.7. The number of carbonyl (C=O) groups excluding carboxylic acids is 1. The number of carbonyl (C=O) groups is 1. The van der Waals surface area contributed by atoms with Gasteiger partial charge in [0.2, 0.25) is 0 Å². The number of terminal acetylenes is 1. The van der Waals surface area contributed by atoms with Crippen molar-refractivity contribution in [1.82, 2.24) is 24.8 Å². The molecule has 1 amide bonds. The SMILES string of the molecule is C#Cc1c(F)ccc2cc(O)cc(-c3ncc4c(N5CC6CCC(C5)N6C(=O)C(=N)CC)nc(OCC56CCCN5CCC6)nc4c3F)c12.CC. The molecule has 4 aromatic rings. The molecule has 2 aromatic carbocycles. The summed E-state index contributed by atoms with van der Waals surface area (Å²) in [5.41, 5.74) is -0.0867. The Bertz CT molecular complexity index is 2060. The van der Waals surface area contributed by atoms with Gasteiger partial charge in [0.05, 0.1) is 34.3 Å². The van der Waals surface area contributed by atoms with Crippen molar-refractivity contribution >= 4 is 39.1 Å². The molecule has 4 fully saturated rings. The molecule has 4 aliphatic heterocycles. The zero-order chi connectivity index (χ0) is 36.0. The number of rotatable bonds is 7. The monoisotopic (exact) mass is 695 g/mol. The Morgan fingerprint density at radius 3 is 2.49 bits per heavy atom. The van der Waals surface area contributed by atoms with Gasteiger partial charge in [-0.3, -0.25) is 20.1 Å². The summed E-state index contributed by atoms with van der Waals surface area (Å²) >= 11 is 0. The van der Waals surface area contributed by atoms with Crippen LogP contribution in [-0.4, -0.2) is 91.9 Å². The molecule has 0 saturated carbocycles. The fourth-order valence-electron chi connectivity index (χ4n) is 8.64. The number of aromatic nitrogens is 3. The van der Waals surface area contributed by atoms with E-state index < -0.39 is 11.6 Å². The highest BCUT2D eigenvalue weighted by Crippen LogP contribution is 2.42. The van der Waals surface area contributed by atoms with E-state index >= 15 is 4.39 Å². The van der Waals surface area contributed by atoms with Crippen molar-refractivity contribution in [3.05, 3.63) is 47.7 Å². The van der Waals surface area contributed by atoms with Crippen LogP contribution in [0.15, 0.2) is 30.5 Å². The van der Waals surface area contributed by atoms with Gasteiger partial charge < -0.3 is 19.6 Å². The molecule has 0 radical (unpaired) electrons. The quantitative estimate of drug-likeness (QED) is 0.167. The maximum atomic E-state index is 17.0. The number of nitrogens with one attached hydrogen (secondary N) is 1. The zero-order valence-corrected chi connectivity index (χ0v) is 29.3. The number of ether oxygens (including phenoxy) is 1. The summed E-state index contributed by atoms with van der Waals surface area (Å²) in [6.45, 7) is 9.14. The van der Waals surface area contributed by atoms with E-state index in [0.29, 0.717) is 42.7 Å². The van der Waals surface area contributed by atoms with E-state index in [2.05, 4.69) is 20.8 Å². The first-order chi connectivity index (χ1) is 24.7. The second-order valence-corrected chi connectivity index (χ2v) is 13.7. The molecular weight excluding hydrogens is 652 g/mol. The molecule has 2 aromatic heterocycles. The van der Waals surface area contributed by atoms with Crippen molar-refractivity contribution in [3.63, 3.8) is 0 Å². The number of benzene rings is 2. The molecule has 2 N–H and O–H groups in total. The van der Waals surface area contributed by atoms with Gasteiger partial charge in [0.1, 0.15) is 35.2 Å².